The molecule has 0 saturated heterocycles. The first kappa shape index (κ1) is 22.9. The summed E-state index contributed by atoms with van der Waals surface area (Å²) in [5.74, 6) is 1.16. The van der Waals surface area contributed by atoms with E-state index in [2.05, 4.69) is 20.9 Å². The van der Waals surface area contributed by atoms with Crippen LogP contribution in [0.15, 0.2) is 57.8 Å². The molecule has 0 atom stereocenters. The van der Waals surface area contributed by atoms with Crippen molar-refractivity contribution in [3.8, 4) is 11.5 Å². The molecule has 0 aliphatic heterocycles. The van der Waals surface area contributed by atoms with Crippen molar-refractivity contribution in [2.45, 2.75) is 20.5 Å². The molecule has 5 rings (SSSR count). The zero-order valence-electron chi connectivity index (χ0n) is 18.7. The molecule has 0 N–H and O–H groups in total. The molecular formula is C26H20BrClN2O3S. The van der Waals surface area contributed by atoms with Gasteiger partial charge in [-0.2, -0.15) is 0 Å². The van der Waals surface area contributed by atoms with Crippen molar-refractivity contribution in [2.24, 2.45) is 0 Å². The Labute approximate surface area is 213 Å². The lowest BCUT2D eigenvalue weighted by Crippen LogP contribution is -2.22. The van der Waals surface area contributed by atoms with Crippen LogP contribution in [0.25, 0.3) is 22.1 Å². The van der Waals surface area contributed by atoms with Gasteiger partial charge in [-0.1, -0.05) is 35.1 Å². The number of nitrogens with zero attached hydrogens (tertiary/aromatic N) is 2. The lowest BCUT2D eigenvalue weighted by atomic mass is 10.1. The predicted molar refractivity (Wildman–Crippen MR) is 142 cm³/mol. The van der Waals surface area contributed by atoms with Gasteiger partial charge in [0.25, 0.3) is 5.56 Å². The average molecular weight is 556 g/mol. The van der Waals surface area contributed by atoms with Gasteiger partial charge >= 0.3 is 0 Å². The summed E-state index contributed by atoms with van der Waals surface area (Å²) >= 11 is 10.9. The van der Waals surface area contributed by atoms with Gasteiger partial charge in [-0.3, -0.25) is 4.79 Å². The fourth-order valence-corrected chi connectivity index (χ4v) is 5.46. The molecule has 0 amide bonds. The van der Waals surface area contributed by atoms with Crippen LogP contribution >= 0.6 is 38.9 Å². The number of aryl methyl sites for hydroxylation is 2. The second-order valence-electron chi connectivity index (χ2n) is 8.02. The first-order chi connectivity index (χ1) is 16.3. The van der Waals surface area contributed by atoms with Gasteiger partial charge in [-0.15, -0.1) is 0 Å². The number of rotatable bonds is 5. The third-order valence-corrected chi connectivity index (χ3v) is 7.51. The summed E-state index contributed by atoms with van der Waals surface area (Å²) in [6.45, 7) is 4.46. The van der Waals surface area contributed by atoms with Gasteiger partial charge in [0.2, 0.25) is 0 Å². The first-order valence-electron chi connectivity index (χ1n) is 10.5. The van der Waals surface area contributed by atoms with E-state index >= 15 is 0 Å². The molecule has 5 aromatic rings. The Morgan fingerprint density at radius 3 is 2.59 bits per heavy atom. The van der Waals surface area contributed by atoms with Crippen molar-refractivity contribution in [1.29, 1.82) is 0 Å². The zero-order valence-corrected chi connectivity index (χ0v) is 21.8. The quantitative estimate of drug-likeness (QED) is 0.264. The van der Waals surface area contributed by atoms with E-state index in [1.54, 1.807) is 11.5 Å². The summed E-state index contributed by atoms with van der Waals surface area (Å²) in [4.78, 5) is 18.6. The third kappa shape index (κ3) is 4.19. The van der Waals surface area contributed by atoms with Crippen molar-refractivity contribution in [3.05, 3.63) is 95.2 Å². The standard InChI is InChI=1S/C26H20BrClN2O3S/c1-14-8-20-21(9-15(14)2)30-25(31)23(34-26(30)29-20)12-17-10-19(27)24(22(11-17)32-3)33-13-16-4-6-18(28)7-5-16/h4-12H,13H2,1-3H3/b23-12-. The molecule has 0 unspecified atom stereocenters. The van der Waals surface area contributed by atoms with E-state index < -0.39 is 0 Å². The average Bonchev–Trinajstić information content (AvgIpc) is 3.29. The third-order valence-electron chi connectivity index (χ3n) is 5.70. The minimum absolute atomic E-state index is 0.0797. The van der Waals surface area contributed by atoms with Gasteiger partial charge < -0.3 is 9.47 Å². The molecule has 0 radical (unpaired) electrons. The number of ether oxygens (including phenoxy) is 2. The second kappa shape index (κ2) is 9.06. The Morgan fingerprint density at radius 2 is 1.85 bits per heavy atom. The highest BCUT2D eigenvalue weighted by molar-refractivity contribution is 9.10. The normalized spacial score (nSPS) is 12.1. The van der Waals surface area contributed by atoms with E-state index in [4.69, 9.17) is 21.1 Å². The number of imidazole rings is 1. The molecule has 0 aliphatic carbocycles. The molecule has 8 heteroatoms. The number of hydrogen-bond acceptors (Lipinski definition) is 5. The Balaban J connectivity index is 1.52. The number of aromatic nitrogens is 2. The highest BCUT2D eigenvalue weighted by Gasteiger charge is 2.14. The molecule has 5 nitrogen and oxygen atoms in total. The van der Waals surface area contributed by atoms with Gasteiger partial charge in [-0.25, -0.2) is 9.38 Å². The van der Waals surface area contributed by atoms with E-state index in [0.717, 1.165) is 37.8 Å². The summed E-state index contributed by atoms with van der Waals surface area (Å²) in [5, 5.41) is 0.680. The number of thiazole rings is 1. The van der Waals surface area contributed by atoms with Crippen molar-refractivity contribution in [1.82, 2.24) is 9.38 Å². The van der Waals surface area contributed by atoms with E-state index in [1.165, 1.54) is 11.3 Å². The van der Waals surface area contributed by atoms with E-state index in [-0.39, 0.29) is 5.56 Å². The minimum atomic E-state index is -0.0797. The van der Waals surface area contributed by atoms with E-state index in [0.29, 0.717) is 32.6 Å². The molecule has 172 valence electrons. The number of methoxy groups -OCH3 is 1. The minimum Gasteiger partial charge on any atom is -0.493 e. The maximum absolute atomic E-state index is 13.2. The Bertz CT molecular complexity index is 1660. The zero-order chi connectivity index (χ0) is 24.0. The molecule has 34 heavy (non-hydrogen) atoms. The van der Waals surface area contributed by atoms with Gasteiger partial charge in [0, 0.05) is 5.02 Å². The van der Waals surface area contributed by atoms with E-state index in [9.17, 15) is 4.79 Å². The molecule has 0 bridgehead atoms. The van der Waals surface area contributed by atoms with Crippen molar-refractivity contribution >= 4 is 60.9 Å². The largest absolute Gasteiger partial charge is 0.493 e. The van der Waals surface area contributed by atoms with Gasteiger partial charge in [0.15, 0.2) is 16.5 Å². The first-order valence-corrected chi connectivity index (χ1v) is 12.5. The highest BCUT2D eigenvalue weighted by atomic mass is 79.9. The molecule has 2 aromatic heterocycles. The van der Waals surface area contributed by atoms with Crippen LogP contribution in [0.4, 0.5) is 0 Å². The molecular weight excluding hydrogens is 536 g/mol. The van der Waals surface area contributed by atoms with Crippen LogP contribution in [-0.4, -0.2) is 16.5 Å². The fourth-order valence-electron chi connectivity index (χ4n) is 3.77. The molecule has 0 saturated carbocycles. The van der Waals surface area contributed by atoms with Crippen molar-refractivity contribution in [2.75, 3.05) is 7.11 Å². The van der Waals surface area contributed by atoms with Crippen molar-refractivity contribution in [3.63, 3.8) is 0 Å². The van der Waals surface area contributed by atoms with Crippen LogP contribution in [0.1, 0.15) is 22.3 Å². The molecule has 3 aromatic carbocycles. The monoisotopic (exact) mass is 554 g/mol. The lowest BCUT2D eigenvalue weighted by molar-refractivity contribution is 0.282. The molecule has 0 spiro atoms. The summed E-state index contributed by atoms with van der Waals surface area (Å²) in [7, 11) is 1.59. The highest BCUT2D eigenvalue weighted by Crippen LogP contribution is 2.37. The maximum atomic E-state index is 13.2. The number of hydrogen-bond donors (Lipinski definition) is 0. The number of benzene rings is 3. The smallest absolute Gasteiger partial charge is 0.274 e. The van der Waals surface area contributed by atoms with Crippen LogP contribution in [0.3, 0.4) is 0 Å². The lowest BCUT2D eigenvalue weighted by Gasteiger charge is -2.13. The number of halogens is 2. The van der Waals surface area contributed by atoms with Crippen molar-refractivity contribution < 1.29 is 9.47 Å². The van der Waals surface area contributed by atoms with Gasteiger partial charge in [0.05, 0.1) is 27.1 Å². The summed E-state index contributed by atoms with van der Waals surface area (Å²) in [6.07, 6.45) is 1.85. The Morgan fingerprint density at radius 1 is 1.12 bits per heavy atom. The SMILES string of the molecule is COc1cc(/C=c2\sc3nc4cc(C)c(C)cc4n3c2=O)cc(Br)c1OCc1ccc(Cl)cc1. The fraction of sp³-hybridized carbons (Fsp3) is 0.154. The topological polar surface area (TPSA) is 52.8 Å². The summed E-state index contributed by atoms with van der Waals surface area (Å²) < 4.78 is 14.6. The van der Waals surface area contributed by atoms with Crippen LogP contribution < -0.4 is 19.6 Å². The Kier molecular flexibility index (Phi) is 6.10. The van der Waals surface area contributed by atoms with Crippen LogP contribution in [0, 0.1) is 13.8 Å². The van der Waals surface area contributed by atoms with Crippen LogP contribution in [-0.2, 0) is 6.61 Å². The number of fused-ring (bicyclic) bond motifs is 3. The molecule has 0 aliphatic rings. The van der Waals surface area contributed by atoms with Crippen LogP contribution in [0.5, 0.6) is 11.5 Å². The Hall–Kier alpha value is -2.87. The maximum Gasteiger partial charge on any atom is 0.274 e. The predicted octanol–water partition coefficient (Wildman–Crippen LogP) is 6.08. The van der Waals surface area contributed by atoms with Gasteiger partial charge in [-0.05, 0) is 94.5 Å². The van der Waals surface area contributed by atoms with E-state index in [1.807, 2.05) is 68.5 Å². The summed E-state index contributed by atoms with van der Waals surface area (Å²) in [5.41, 5.74) is 5.70. The van der Waals surface area contributed by atoms with Crippen LogP contribution in [0.2, 0.25) is 5.02 Å². The second-order valence-corrected chi connectivity index (χ2v) is 10.3. The summed E-state index contributed by atoms with van der Waals surface area (Å²) in [6, 6.07) is 15.3. The van der Waals surface area contributed by atoms with Gasteiger partial charge in [0.1, 0.15) is 6.61 Å². The molecule has 0 fully saturated rings. The molecule has 2 heterocycles.